The molecule has 1 N–H and O–H groups in total. The molecule has 3 saturated heterocycles. The van der Waals surface area contributed by atoms with E-state index in [2.05, 4.69) is 31.9 Å². The summed E-state index contributed by atoms with van der Waals surface area (Å²) in [6.45, 7) is 14.1. The third kappa shape index (κ3) is 5.81. The first-order chi connectivity index (χ1) is 21.8. The summed E-state index contributed by atoms with van der Waals surface area (Å²) >= 11 is 1.65. The predicted molar refractivity (Wildman–Crippen MR) is 182 cm³/mol. The number of amides is 3. The molecule has 1 spiro atoms. The number of anilines is 2. The van der Waals surface area contributed by atoms with Crippen molar-refractivity contribution in [3.63, 3.8) is 0 Å². The number of benzene rings is 2. The first kappa shape index (κ1) is 32.8. The molecule has 3 aliphatic rings. The number of likely N-dealkylation sites (tertiary alicyclic amines) is 1. The Bertz CT molecular complexity index is 1400. The van der Waals surface area contributed by atoms with E-state index in [9.17, 15) is 14.7 Å². The number of rotatable bonds is 14. The third-order valence-electron chi connectivity index (χ3n) is 9.82. The van der Waals surface area contributed by atoms with Gasteiger partial charge in [0.25, 0.3) is 5.91 Å². The van der Waals surface area contributed by atoms with Crippen molar-refractivity contribution in [2.75, 3.05) is 49.6 Å². The first-order valence-corrected chi connectivity index (χ1v) is 16.9. The lowest BCUT2D eigenvalue weighted by Crippen LogP contribution is -2.58. The lowest BCUT2D eigenvalue weighted by atomic mass is 9.70. The molecule has 3 heterocycles. The molecule has 6 atom stereocenters. The van der Waals surface area contributed by atoms with Crippen molar-refractivity contribution < 1.29 is 19.5 Å². The zero-order valence-corrected chi connectivity index (χ0v) is 27.5. The van der Waals surface area contributed by atoms with Gasteiger partial charge in [0.05, 0.1) is 29.2 Å². The number of carbonyl (C=O) groups is 3. The number of hydrogen-bond acceptors (Lipinski definition) is 6. The van der Waals surface area contributed by atoms with Gasteiger partial charge in [-0.3, -0.25) is 14.4 Å². The predicted octanol–water partition coefficient (Wildman–Crippen LogP) is 4.39. The number of aliphatic hydroxyl groups is 1. The molecule has 0 saturated carbocycles. The minimum absolute atomic E-state index is 0.0425. The van der Waals surface area contributed by atoms with Gasteiger partial charge in [-0.1, -0.05) is 42.5 Å². The van der Waals surface area contributed by atoms with Crippen molar-refractivity contribution in [3.05, 3.63) is 85.5 Å². The van der Waals surface area contributed by atoms with E-state index in [1.165, 1.54) is 0 Å². The van der Waals surface area contributed by atoms with Gasteiger partial charge in [0, 0.05) is 49.9 Å². The van der Waals surface area contributed by atoms with Gasteiger partial charge in [-0.05, 0) is 62.9 Å². The molecule has 0 aliphatic carbocycles. The van der Waals surface area contributed by atoms with Crippen molar-refractivity contribution in [1.29, 1.82) is 0 Å². The third-order valence-corrected chi connectivity index (χ3v) is 11.8. The minimum Gasteiger partial charge on any atom is -0.394 e. The zero-order chi connectivity index (χ0) is 32.3. The Kier molecular flexibility index (Phi) is 10.1. The molecule has 8 nitrogen and oxygen atoms in total. The first-order valence-electron chi connectivity index (χ1n) is 16.0. The van der Waals surface area contributed by atoms with Crippen molar-refractivity contribution in [2.24, 2.45) is 11.8 Å². The highest BCUT2D eigenvalue weighted by atomic mass is 32.2. The van der Waals surface area contributed by atoms with Gasteiger partial charge < -0.3 is 24.7 Å². The van der Waals surface area contributed by atoms with Crippen LogP contribution in [0.3, 0.4) is 0 Å². The highest BCUT2D eigenvalue weighted by Gasteiger charge is 2.74. The highest BCUT2D eigenvalue weighted by molar-refractivity contribution is 8.02. The van der Waals surface area contributed by atoms with Crippen molar-refractivity contribution in [2.45, 2.75) is 55.2 Å². The van der Waals surface area contributed by atoms with Crippen LogP contribution in [-0.4, -0.2) is 94.5 Å². The summed E-state index contributed by atoms with van der Waals surface area (Å²) in [5.74, 6) is -1.67. The topological polar surface area (TPSA) is 84.4 Å². The fraction of sp³-hybridized carbons (Fsp3) is 0.472. The Hall–Kier alpha value is -3.56. The van der Waals surface area contributed by atoms with Crippen LogP contribution in [0.4, 0.5) is 11.4 Å². The van der Waals surface area contributed by atoms with Gasteiger partial charge in [0.1, 0.15) is 6.04 Å². The fourth-order valence-electron chi connectivity index (χ4n) is 7.75. The Morgan fingerprint density at radius 1 is 1.02 bits per heavy atom. The number of thioether (sulfide) groups is 1. The summed E-state index contributed by atoms with van der Waals surface area (Å²) in [5, 5.41) is 10.7. The molecule has 0 radical (unpaired) electrons. The molecule has 2 aromatic rings. The van der Waals surface area contributed by atoms with Crippen molar-refractivity contribution in [3.8, 4) is 0 Å². The highest BCUT2D eigenvalue weighted by Crippen LogP contribution is 2.67. The molecule has 240 valence electrons. The summed E-state index contributed by atoms with van der Waals surface area (Å²) in [5.41, 5.74) is 2.77. The normalized spacial score (nSPS) is 25.5. The van der Waals surface area contributed by atoms with E-state index in [1.54, 1.807) is 45.7 Å². The molecular formula is C36H46N4O4S. The molecule has 9 heteroatoms. The van der Waals surface area contributed by atoms with Crippen LogP contribution in [0.2, 0.25) is 0 Å². The zero-order valence-electron chi connectivity index (χ0n) is 26.7. The summed E-state index contributed by atoms with van der Waals surface area (Å²) in [7, 11) is 1.74. The minimum atomic E-state index is -0.837. The van der Waals surface area contributed by atoms with Crippen LogP contribution in [0.25, 0.3) is 0 Å². The second kappa shape index (κ2) is 13.8. The van der Waals surface area contributed by atoms with Gasteiger partial charge in [0.2, 0.25) is 11.8 Å². The lowest BCUT2D eigenvalue weighted by Gasteiger charge is -2.39. The van der Waals surface area contributed by atoms with E-state index in [4.69, 9.17) is 0 Å². The molecule has 0 aromatic heterocycles. The smallest absolute Gasteiger partial charge is 0.251 e. The standard InChI is InChI=1S/C36H46N4O4S/c1-6-21-37(5)33(42)30-29-19-20-36(45-29)31(30)34(43)40(28(24-41)23-25-13-11-10-12-14-25)32(36)35(44)39(22-7-2)27-17-15-26(16-18-27)38(8-3)9-4/h6-7,10-18,28-32,41H,1-2,8-9,19-24H2,3-5H3/t28-,29+,30-,31+,32?,36?/m1/s1. The van der Waals surface area contributed by atoms with Gasteiger partial charge in [-0.25, -0.2) is 0 Å². The van der Waals surface area contributed by atoms with Crippen LogP contribution >= 0.6 is 11.8 Å². The number of aliphatic hydroxyl groups excluding tert-OH is 1. The molecule has 5 rings (SSSR count). The summed E-state index contributed by atoms with van der Waals surface area (Å²) in [6, 6.07) is 16.2. The fourth-order valence-corrected chi connectivity index (χ4v) is 9.94. The van der Waals surface area contributed by atoms with Crippen LogP contribution in [0.1, 0.15) is 32.3 Å². The van der Waals surface area contributed by atoms with Gasteiger partial charge >= 0.3 is 0 Å². The summed E-state index contributed by atoms with van der Waals surface area (Å²) in [4.78, 5) is 50.8. The SMILES string of the molecule is C=CCN(C)C(=O)[C@@H]1[C@@H]2CCC3(S2)C(C(=O)N(CC=C)c2ccc(N(CC)CC)cc2)N([C@@H](CO)Cc2ccccc2)C(=O)[C@H]13. The average Bonchev–Trinajstić information content (AvgIpc) is 3.71. The number of likely N-dealkylation sites (N-methyl/N-ethyl adjacent to an activating group) is 1. The summed E-state index contributed by atoms with van der Waals surface area (Å²) in [6.07, 6.45) is 5.21. The molecule has 3 aliphatic heterocycles. The van der Waals surface area contributed by atoms with Crippen molar-refractivity contribution in [1.82, 2.24) is 9.80 Å². The molecule has 2 bridgehead atoms. The summed E-state index contributed by atoms with van der Waals surface area (Å²) < 4.78 is -0.765. The maximum Gasteiger partial charge on any atom is 0.251 e. The second-order valence-electron chi connectivity index (χ2n) is 12.3. The van der Waals surface area contributed by atoms with E-state index < -0.39 is 28.7 Å². The molecular weight excluding hydrogens is 584 g/mol. The largest absolute Gasteiger partial charge is 0.394 e. The van der Waals surface area contributed by atoms with E-state index in [1.807, 2.05) is 54.6 Å². The van der Waals surface area contributed by atoms with Crippen LogP contribution in [-0.2, 0) is 20.8 Å². The average molecular weight is 631 g/mol. The maximum absolute atomic E-state index is 15.0. The van der Waals surface area contributed by atoms with Gasteiger partial charge in [-0.15, -0.1) is 24.9 Å². The molecule has 45 heavy (non-hydrogen) atoms. The van der Waals surface area contributed by atoms with Crippen LogP contribution in [0.5, 0.6) is 0 Å². The Morgan fingerprint density at radius 3 is 2.27 bits per heavy atom. The monoisotopic (exact) mass is 630 g/mol. The Morgan fingerprint density at radius 2 is 1.67 bits per heavy atom. The molecule has 2 unspecified atom stereocenters. The number of fused-ring (bicyclic) bond motifs is 1. The quantitative estimate of drug-likeness (QED) is 0.312. The number of nitrogens with zero attached hydrogens (tertiary/aromatic N) is 4. The van der Waals surface area contributed by atoms with Crippen LogP contribution in [0.15, 0.2) is 79.9 Å². The molecule has 3 fully saturated rings. The van der Waals surface area contributed by atoms with Gasteiger partial charge in [-0.2, -0.15) is 0 Å². The number of hydrogen-bond donors (Lipinski definition) is 1. The van der Waals surface area contributed by atoms with E-state index in [-0.39, 0.29) is 36.1 Å². The van der Waals surface area contributed by atoms with Crippen LogP contribution < -0.4 is 9.80 Å². The number of carbonyl (C=O) groups excluding carboxylic acids is 3. The maximum atomic E-state index is 15.0. The van der Waals surface area contributed by atoms with E-state index >= 15 is 4.79 Å². The van der Waals surface area contributed by atoms with Crippen molar-refractivity contribution >= 4 is 40.9 Å². The van der Waals surface area contributed by atoms with E-state index in [0.29, 0.717) is 19.4 Å². The second-order valence-corrected chi connectivity index (χ2v) is 13.9. The van der Waals surface area contributed by atoms with Gasteiger partial charge in [0.15, 0.2) is 0 Å². The van der Waals surface area contributed by atoms with E-state index in [0.717, 1.165) is 36.4 Å². The Balaban J connectivity index is 1.58. The molecule has 3 amide bonds. The van der Waals surface area contributed by atoms with Crippen LogP contribution in [0, 0.1) is 11.8 Å². The lowest BCUT2D eigenvalue weighted by molar-refractivity contribution is -0.144. The molecule has 2 aromatic carbocycles. The Labute approximate surface area is 271 Å².